The van der Waals surface area contributed by atoms with E-state index in [4.69, 9.17) is 0 Å². The molecule has 17 rings (SSSR count). The molecule has 0 nitrogen and oxygen atoms in total. The lowest BCUT2D eigenvalue weighted by molar-refractivity contribution is 1.61. The van der Waals surface area contributed by atoms with Crippen LogP contribution in [0.5, 0.6) is 0 Å². The summed E-state index contributed by atoms with van der Waals surface area (Å²) in [6.07, 6.45) is 0. The standard InChI is InChI=1S/C78H46S2/c1-2-17-47(18-3-1)48-33-37-52(38-34-48)70-59-25-10-14-29-63(59)73(64-30-15-11-26-60(64)70)66-46-45-56(78-75(66)68-44-42-50-20-5-7-22-55(50)77(68)80-78)51-35-39-53(40-36-51)71-57-23-8-12-27-61(57)72(62-28-13-9-24-58(62)71)65-31-16-32-69-74(65)67-43-41-49-19-4-6-21-54(49)76(67)79-69/h1-46H. The molecule has 15 aromatic carbocycles. The van der Waals surface area contributed by atoms with E-state index < -0.39 is 0 Å². The molecule has 0 atom stereocenters. The molecule has 0 N–H and O–H groups in total. The highest BCUT2D eigenvalue weighted by atomic mass is 32.1. The van der Waals surface area contributed by atoms with Gasteiger partial charge in [0.2, 0.25) is 0 Å². The fraction of sp³-hybridized carbons (Fsp3) is 0. The number of thiophene rings is 2. The molecule has 0 amide bonds. The van der Waals surface area contributed by atoms with Gasteiger partial charge in [0.15, 0.2) is 0 Å². The summed E-state index contributed by atoms with van der Waals surface area (Å²) >= 11 is 3.85. The third kappa shape index (κ3) is 6.80. The van der Waals surface area contributed by atoms with Crippen LogP contribution in [0.15, 0.2) is 279 Å². The topological polar surface area (TPSA) is 0 Å². The van der Waals surface area contributed by atoms with E-state index in [1.54, 1.807) is 0 Å². The number of hydrogen-bond donors (Lipinski definition) is 0. The van der Waals surface area contributed by atoms with Gasteiger partial charge in [0.05, 0.1) is 0 Å². The van der Waals surface area contributed by atoms with Gasteiger partial charge in [0, 0.05) is 40.3 Å². The van der Waals surface area contributed by atoms with Crippen molar-refractivity contribution in [2.75, 3.05) is 0 Å². The minimum absolute atomic E-state index is 1.21. The fourth-order valence-corrected chi connectivity index (χ4v) is 16.2. The van der Waals surface area contributed by atoms with Gasteiger partial charge in [-0.15, -0.1) is 22.7 Å². The molecule has 0 radical (unpaired) electrons. The zero-order valence-electron chi connectivity index (χ0n) is 43.4. The fourth-order valence-electron chi connectivity index (χ4n) is 13.5. The molecular formula is C78H46S2. The summed E-state index contributed by atoms with van der Waals surface area (Å²) < 4.78 is 5.30. The molecule has 80 heavy (non-hydrogen) atoms. The van der Waals surface area contributed by atoms with E-state index in [9.17, 15) is 0 Å². The maximum Gasteiger partial charge on any atom is 0.0440 e. The summed E-state index contributed by atoms with van der Waals surface area (Å²) in [7, 11) is 0. The first-order chi connectivity index (χ1) is 39.7. The molecule has 0 aliphatic rings. The van der Waals surface area contributed by atoms with Crippen LogP contribution in [0, 0.1) is 0 Å². The first-order valence-corrected chi connectivity index (χ1v) is 29.2. The van der Waals surface area contributed by atoms with Crippen LogP contribution in [-0.2, 0) is 0 Å². The molecule has 0 bridgehead atoms. The summed E-state index contributed by atoms with van der Waals surface area (Å²) in [4.78, 5) is 0. The predicted octanol–water partition coefficient (Wildman–Crippen LogP) is 23.3. The number of hydrogen-bond acceptors (Lipinski definition) is 2. The van der Waals surface area contributed by atoms with Crippen molar-refractivity contribution in [1.29, 1.82) is 0 Å². The third-order valence-corrected chi connectivity index (χ3v) is 19.5. The van der Waals surface area contributed by atoms with Gasteiger partial charge >= 0.3 is 0 Å². The van der Waals surface area contributed by atoms with Crippen molar-refractivity contribution in [2.24, 2.45) is 0 Å². The van der Waals surface area contributed by atoms with Gasteiger partial charge in [-0.25, -0.2) is 0 Å². The smallest absolute Gasteiger partial charge is 0.0440 e. The van der Waals surface area contributed by atoms with Crippen molar-refractivity contribution >= 4 is 128 Å². The highest BCUT2D eigenvalue weighted by Gasteiger charge is 2.24. The Bertz CT molecular complexity index is 5280. The molecule has 2 heteroatoms. The van der Waals surface area contributed by atoms with Crippen molar-refractivity contribution in [3.8, 4) is 66.8 Å². The van der Waals surface area contributed by atoms with E-state index in [1.165, 1.54) is 172 Å². The molecule has 370 valence electrons. The van der Waals surface area contributed by atoms with Crippen LogP contribution in [0.4, 0.5) is 0 Å². The van der Waals surface area contributed by atoms with Gasteiger partial charge in [-0.05, 0) is 137 Å². The molecule has 17 aromatic rings. The van der Waals surface area contributed by atoms with Crippen LogP contribution in [0.2, 0.25) is 0 Å². The van der Waals surface area contributed by atoms with Crippen molar-refractivity contribution in [3.63, 3.8) is 0 Å². The lowest BCUT2D eigenvalue weighted by Gasteiger charge is -2.19. The molecule has 0 spiro atoms. The molecule has 0 unspecified atom stereocenters. The second kappa shape index (κ2) is 17.9. The Morgan fingerprint density at radius 2 is 0.550 bits per heavy atom. The SMILES string of the molecule is c1ccc(-c2ccc(-c3c4ccccc4c(-c4ccc(-c5ccc(-c6c7ccccc7c(-c7cccc8sc9c%10ccccc%10ccc9c78)c7ccccc67)cc5)c5sc6c7ccccc7ccc6c45)c4ccccc34)cc2)cc1. The van der Waals surface area contributed by atoms with E-state index >= 15 is 0 Å². The number of rotatable bonds is 6. The lowest BCUT2D eigenvalue weighted by atomic mass is 9.83. The monoisotopic (exact) mass is 1050 g/mol. The van der Waals surface area contributed by atoms with Gasteiger partial charge in [0.25, 0.3) is 0 Å². The zero-order chi connectivity index (χ0) is 52.4. The Morgan fingerprint density at radius 3 is 1.06 bits per heavy atom. The maximum absolute atomic E-state index is 2.43. The molecule has 0 saturated carbocycles. The van der Waals surface area contributed by atoms with Crippen LogP contribution in [0.25, 0.3) is 172 Å². The van der Waals surface area contributed by atoms with E-state index in [0.717, 1.165) is 0 Å². The summed E-state index contributed by atoms with van der Waals surface area (Å²) in [5, 5.41) is 20.5. The molecule has 0 fully saturated rings. The van der Waals surface area contributed by atoms with Crippen LogP contribution < -0.4 is 0 Å². The molecule has 2 aromatic heterocycles. The summed E-state index contributed by atoms with van der Waals surface area (Å²) in [5.41, 5.74) is 15.0. The van der Waals surface area contributed by atoms with Gasteiger partial charge in [-0.3, -0.25) is 0 Å². The van der Waals surface area contributed by atoms with Gasteiger partial charge in [-0.1, -0.05) is 273 Å². The van der Waals surface area contributed by atoms with Gasteiger partial charge in [-0.2, -0.15) is 0 Å². The van der Waals surface area contributed by atoms with Crippen molar-refractivity contribution in [3.05, 3.63) is 279 Å². The van der Waals surface area contributed by atoms with Crippen LogP contribution >= 0.6 is 22.7 Å². The zero-order valence-corrected chi connectivity index (χ0v) is 45.0. The summed E-state index contributed by atoms with van der Waals surface area (Å²) in [6.45, 7) is 0. The average Bonchev–Trinajstić information content (AvgIpc) is 4.23. The average molecular weight is 1050 g/mol. The quantitative estimate of drug-likeness (QED) is 0.146. The van der Waals surface area contributed by atoms with E-state index in [-0.39, 0.29) is 0 Å². The van der Waals surface area contributed by atoms with Crippen molar-refractivity contribution in [2.45, 2.75) is 0 Å². The van der Waals surface area contributed by atoms with Gasteiger partial charge in [0.1, 0.15) is 0 Å². The first-order valence-electron chi connectivity index (χ1n) is 27.6. The molecular weight excluding hydrogens is 1000 g/mol. The Hall–Kier alpha value is -9.70. The van der Waals surface area contributed by atoms with E-state index in [1.807, 2.05) is 22.7 Å². The predicted molar refractivity (Wildman–Crippen MR) is 350 cm³/mol. The molecule has 2 heterocycles. The maximum atomic E-state index is 2.43. The highest BCUT2D eigenvalue weighted by Crippen LogP contribution is 2.53. The number of benzene rings is 15. The van der Waals surface area contributed by atoms with Crippen LogP contribution in [0.3, 0.4) is 0 Å². The Labute approximate surface area is 470 Å². The third-order valence-electron chi connectivity index (χ3n) is 17.1. The molecule has 0 aliphatic heterocycles. The van der Waals surface area contributed by atoms with Crippen LogP contribution in [-0.4, -0.2) is 0 Å². The Morgan fingerprint density at radius 1 is 0.175 bits per heavy atom. The Kier molecular flexibility index (Phi) is 10.2. The first kappa shape index (κ1) is 45.3. The minimum Gasteiger partial charge on any atom is -0.135 e. The normalized spacial score (nSPS) is 12.0. The summed E-state index contributed by atoms with van der Waals surface area (Å²) in [5.74, 6) is 0. The van der Waals surface area contributed by atoms with E-state index in [0.29, 0.717) is 0 Å². The largest absolute Gasteiger partial charge is 0.135 e. The van der Waals surface area contributed by atoms with Crippen molar-refractivity contribution < 1.29 is 0 Å². The number of fused-ring (bicyclic) bond motifs is 14. The van der Waals surface area contributed by atoms with Gasteiger partial charge < -0.3 is 0 Å². The van der Waals surface area contributed by atoms with Crippen LogP contribution in [0.1, 0.15) is 0 Å². The molecule has 0 saturated heterocycles. The lowest BCUT2D eigenvalue weighted by Crippen LogP contribution is -1.92. The molecule has 0 aliphatic carbocycles. The van der Waals surface area contributed by atoms with E-state index in [2.05, 4.69) is 279 Å². The minimum atomic E-state index is 1.21. The Balaban J connectivity index is 0.853. The second-order valence-corrected chi connectivity index (χ2v) is 23.4. The highest BCUT2D eigenvalue weighted by molar-refractivity contribution is 7.27. The van der Waals surface area contributed by atoms with Crippen molar-refractivity contribution in [1.82, 2.24) is 0 Å². The second-order valence-electron chi connectivity index (χ2n) is 21.3. The summed E-state index contributed by atoms with van der Waals surface area (Å²) in [6, 6.07) is 104.